The van der Waals surface area contributed by atoms with Gasteiger partial charge in [-0.2, -0.15) is 0 Å². The summed E-state index contributed by atoms with van der Waals surface area (Å²) in [5.41, 5.74) is 3.38. The summed E-state index contributed by atoms with van der Waals surface area (Å²) < 4.78 is 0. The van der Waals surface area contributed by atoms with Gasteiger partial charge in [0.15, 0.2) is 0 Å². The molecule has 0 heterocycles. The third kappa shape index (κ3) is 6.17. The highest BCUT2D eigenvalue weighted by Crippen LogP contribution is 2.23. The zero-order chi connectivity index (χ0) is 17.2. The number of nitrogens with one attached hydrogen (secondary N) is 2. The number of unbranched alkanes of at least 4 members (excludes halogenated alkanes) is 2. The fourth-order valence-corrected chi connectivity index (χ4v) is 2.86. The second-order valence-electron chi connectivity index (χ2n) is 6.22. The van der Waals surface area contributed by atoms with Crippen molar-refractivity contribution in [1.29, 1.82) is 0 Å². The van der Waals surface area contributed by atoms with Crippen molar-refractivity contribution in [1.82, 2.24) is 5.32 Å². The van der Waals surface area contributed by atoms with Crippen molar-refractivity contribution in [2.24, 2.45) is 0 Å². The summed E-state index contributed by atoms with van der Waals surface area (Å²) in [5, 5.41) is 6.55. The molecule has 0 saturated heterocycles. The molecule has 0 aliphatic rings. The molecule has 3 heteroatoms. The predicted octanol–water partition coefficient (Wildman–Crippen LogP) is 5.06. The van der Waals surface area contributed by atoms with Crippen molar-refractivity contribution >= 4 is 11.6 Å². The summed E-state index contributed by atoms with van der Waals surface area (Å²) >= 11 is 0. The minimum atomic E-state index is -0.0353. The van der Waals surface area contributed by atoms with Crippen LogP contribution < -0.4 is 10.6 Å². The Morgan fingerprint density at radius 1 is 1.04 bits per heavy atom. The maximum Gasteiger partial charge on any atom is 0.221 e. The van der Waals surface area contributed by atoms with Crippen LogP contribution in [0, 0.1) is 0 Å². The summed E-state index contributed by atoms with van der Waals surface area (Å²) in [5.74, 6) is -0.0353. The first-order valence-electron chi connectivity index (χ1n) is 8.84. The van der Waals surface area contributed by atoms with E-state index in [9.17, 15) is 4.79 Å². The van der Waals surface area contributed by atoms with Gasteiger partial charge >= 0.3 is 0 Å². The lowest BCUT2D eigenvalue weighted by Gasteiger charge is -2.20. The molecule has 0 fully saturated rings. The Morgan fingerprint density at radius 2 is 1.83 bits per heavy atom. The van der Waals surface area contributed by atoms with Crippen LogP contribution in [-0.4, -0.2) is 5.91 Å². The molecular weight excluding hydrogens is 296 g/mol. The van der Waals surface area contributed by atoms with Crippen LogP contribution in [0.4, 0.5) is 5.69 Å². The number of carbonyl (C=O) groups is 1. The van der Waals surface area contributed by atoms with Crippen molar-refractivity contribution in [3.05, 3.63) is 65.7 Å². The molecule has 0 bridgehead atoms. The fraction of sp³-hybridized carbons (Fsp3) is 0.381. The lowest BCUT2D eigenvalue weighted by atomic mass is 9.99. The van der Waals surface area contributed by atoms with Crippen LogP contribution in [-0.2, 0) is 11.3 Å². The van der Waals surface area contributed by atoms with Gasteiger partial charge in [-0.1, -0.05) is 68.7 Å². The Hall–Kier alpha value is -2.13. The molecule has 2 aromatic carbocycles. The average molecular weight is 324 g/mol. The monoisotopic (exact) mass is 324 g/mol. The highest BCUT2D eigenvalue weighted by Gasteiger charge is 2.11. The van der Waals surface area contributed by atoms with E-state index in [-0.39, 0.29) is 5.91 Å². The average Bonchev–Trinajstić information content (AvgIpc) is 2.58. The number of carbonyl (C=O) groups excluding carboxylic acids is 1. The van der Waals surface area contributed by atoms with E-state index in [2.05, 4.69) is 54.0 Å². The first kappa shape index (κ1) is 18.2. The van der Waals surface area contributed by atoms with Crippen molar-refractivity contribution in [3.63, 3.8) is 0 Å². The topological polar surface area (TPSA) is 41.1 Å². The second-order valence-corrected chi connectivity index (χ2v) is 6.22. The zero-order valence-corrected chi connectivity index (χ0v) is 14.7. The Balaban J connectivity index is 2.08. The van der Waals surface area contributed by atoms with Crippen molar-refractivity contribution in [2.75, 3.05) is 5.32 Å². The van der Waals surface area contributed by atoms with Crippen LogP contribution in [0.1, 0.15) is 56.7 Å². The molecule has 2 N–H and O–H groups in total. The molecule has 0 aromatic heterocycles. The highest BCUT2D eigenvalue weighted by atomic mass is 16.1. The normalized spacial score (nSPS) is 11.9. The van der Waals surface area contributed by atoms with E-state index < -0.39 is 0 Å². The first-order chi connectivity index (χ1) is 11.7. The van der Waals surface area contributed by atoms with E-state index in [0.717, 1.165) is 18.7 Å². The third-order valence-corrected chi connectivity index (χ3v) is 4.10. The van der Waals surface area contributed by atoms with Crippen LogP contribution in [0.25, 0.3) is 0 Å². The molecule has 0 radical (unpaired) electrons. The Labute approximate surface area is 145 Å². The minimum absolute atomic E-state index is 0.0353. The molecule has 1 amide bonds. The van der Waals surface area contributed by atoms with E-state index in [4.69, 9.17) is 0 Å². The summed E-state index contributed by atoms with van der Waals surface area (Å²) in [7, 11) is 0. The van der Waals surface area contributed by atoms with Gasteiger partial charge in [-0.15, -0.1) is 0 Å². The first-order valence-corrected chi connectivity index (χ1v) is 8.84. The van der Waals surface area contributed by atoms with E-state index in [1.54, 1.807) is 6.92 Å². The number of anilines is 1. The molecule has 0 saturated carbocycles. The smallest absolute Gasteiger partial charge is 0.221 e. The number of amides is 1. The van der Waals surface area contributed by atoms with Gasteiger partial charge in [0.1, 0.15) is 0 Å². The van der Waals surface area contributed by atoms with Gasteiger partial charge in [0, 0.05) is 25.2 Å². The van der Waals surface area contributed by atoms with Gasteiger partial charge < -0.3 is 10.6 Å². The molecule has 24 heavy (non-hydrogen) atoms. The Kier molecular flexibility index (Phi) is 7.50. The number of hydrogen-bond donors (Lipinski definition) is 2. The second kappa shape index (κ2) is 9.89. The third-order valence-electron chi connectivity index (χ3n) is 4.10. The molecule has 0 aliphatic carbocycles. The van der Waals surface area contributed by atoms with Gasteiger partial charge in [0.2, 0.25) is 5.91 Å². The molecule has 0 spiro atoms. The highest BCUT2D eigenvalue weighted by molar-refractivity contribution is 5.88. The van der Waals surface area contributed by atoms with Crippen molar-refractivity contribution in [3.8, 4) is 0 Å². The van der Waals surface area contributed by atoms with E-state index in [1.165, 1.54) is 30.4 Å². The van der Waals surface area contributed by atoms with Gasteiger partial charge in [-0.3, -0.25) is 4.79 Å². The van der Waals surface area contributed by atoms with Crippen LogP contribution in [0.3, 0.4) is 0 Å². The molecule has 0 aliphatic heterocycles. The van der Waals surface area contributed by atoms with Crippen molar-refractivity contribution in [2.45, 2.75) is 52.1 Å². The maximum absolute atomic E-state index is 11.3. The molecule has 1 unspecified atom stereocenters. The van der Waals surface area contributed by atoms with Gasteiger partial charge in [-0.05, 0) is 29.7 Å². The maximum atomic E-state index is 11.3. The van der Waals surface area contributed by atoms with Crippen LogP contribution in [0.15, 0.2) is 54.6 Å². The molecule has 2 aromatic rings. The molecule has 1 atom stereocenters. The molecule has 128 valence electrons. The van der Waals surface area contributed by atoms with Gasteiger partial charge in [-0.25, -0.2) is 0 Å². The van der Waals surface area contributed by atoms with Crippen LogP contribution in [0.2, 0.25) is 0 Å². The van der Waals surface area contributed by atoms with E-state index in [1.807, 2.05) is 18.2 Å². The van der Waals surface area contributed by atoms with Gasteiger partial charge in [0.25, 0.3) is 0 Å². The van der Waals surface area contributed by atoms with Crippen LogP contribution in [0.5, 0.6) is 0 Å². The standard InChI is InChI=1S/C21H28N2O/c1-3-4-6-14-21(22-16-18-10-7-5-8-11-18)19-12-9-13-20(15-19)23-17(2)24/h5,7-13,15,21-22H,3-4,6,14,16H2,1-2H3,(H,23,24). The predicted molar refractivity (Wildman–Crippen MR) is 101 cm³/mol. The molecular formula is C21H28N2O. The van der Waals surface area contributed by atoms with Gasteiger partial charge in [0.05, 0.1) is 0 Å². The lowest BCUT2D eigenvalue weighted by molar-refractivity contribution is -0.114. The minimum Gasteiger partial charge on any atom is -0.326 e. The SMILES string of the molecule is CCCCCC(NCc1ccccc1)c1cccc(NC(C)=O)c1. The molecule has 3 nitrogen and oxygen atoms in total. The summed E-state index contributed by atoms with van der Waals surface area (Å²) in [6, 6.07) is 18.9. The van der Waals surface area contributed by atoms with Crippen molar-refractivity contribution < 1.29 is 4.79 Å². The summed E-state index contributed by atoms with van der Waals surface area (Å²) in [4.78, 5) is 11.3. The van der Waals surface area contributed by atoms with E-state index >= 15 is 0 Å². The summed E-state index contributed by atoms with van der Waals surface area (Å²) in [6.07, 6.45) is 4.77. The number of rotatable bonds is 9. The number of benzene rings is 2. The Morgan fingerprint density at radius 3 is 2.54 bits per heavy atom. The van der Waals surface area contributed by atoms with E-state index in [0.29, 0.717) is 6.04 Å². The quantitative estimate of drug-likeness (QED) is 0.633. The largest absolute Gasteiger partial charge is 0.326 e. The van der Waals surface area contributed by atoms with Crippen LogP contribution >= 0.6 is 0 Å². The zero-order valence-electron chi connectivity index (χ0n) is 14.7. The number of hydrogen-bond acceptors (Lipinski definition) is 2. The summed E-state index contributed by atoms with van der Waals surface area (Å²) in [6.45, 7) is 4.62. The molecule has 2 rings (SSSR count). The fourth-order valence-electron chi connectivity index (χ4n) is 2.86. The Bertz CT molecular complexity index is 625. The lowest BCUT2D eigenvalue weighted by Crippen LogP contribution is -2.21.